The quantitative estimate of drug-likeness (QED) is 0.470. The Hall–Kier alpha value is -1.56. The highest BCUT2D eigenvalue weighted by Gasteiger charge is 2.23. The maximum absolute atomic E-state index is 2.32. The van der Waals surface area contributed by atoms with Crippen molar-refractivity contribution in [3.63, 3.8) is 0 Å². The number of rotatable bonds is 9. The lowest BCUT2D eigenvalue weighted by Crippen LogP contribution is -2.12. The lowest BCUT2D eigenvalue weighted by Gasteiger charge is -2.28. The monoisotopic (exact) mass is 294 g/mol. The fourth-order valence-electron chi connectivity index (χ4n) is 3.45. The van der Waals surface area contributed by atoms with Gasteiger partial charge in [0.15, 0.2) is 0 Å². The zero-order valence-corrected chi connectivity index (χ0v) is 14.2. The molecule has 0 N–H and O–H groups in total. The molecule has 0 unspecified atom stereocenters. The fraction of sp³-hybridized carbons (Fsp3) is 0.455. The Balaban J connectivity index is 2.30. The normalized spacial score (nSPS) is 13.7. The third kappa shape index (κ3) is 4.73. The van der Waals surface area contributed by atoms with Crippen molar-refractivity contribution in [2.24, 2.45) is 0 Å². The van der Waals surface area contributed by atoms with E-state index in [2.05, 4.69) is 74.5 Å². The van der Waals surface area contributed by atoms with Gasteiger partial charge < -0.3 is 0 Å². The van der Waals surface area contributed by atoms with Crippen molar-refractivity contribution in [1.82, 2.24) is 0 Å². The van der Waals surface area contributed by atoms with E-state index in [1.54, 1.807) is 0 Å². The van der Waals surface area contributed by atoms with Crippen LogP contribution in [0.3, 0.4) is 0 Å². The highest BCUT2D eigenvalue weighted by molar-refractivity contribution is 5.28. The van der Waals surface area contributed by atoms with Crippen LogP contribution in [-0.4, -0.2) is 0 Å². The Morgan fingerprint density at radius 3 is 1.27 bits per heavy atom. The standard InChI is InChI=1S/C22H30/c1-3-5-17-21(19-13-9-7-10-14-19)22(18-6-4-2)20-15-11-8-12-16-20/h7-16,21-22H,3-6,17-18H2,1-2H3/t21-,22+. The summed E-state index contributed by atoms with van der Waals surface area (Å²) in [6, 6.07) is 22.3. The maximum Gasteiger partial charge on any atom is -0.00931 e. The molecule has 0 heteroatoms. The molecule has 0 spiro atoms. The molecule has 0 fully saturated rings. The predicted molar refractivity (Wildman–Crippen MR) is 97.4 cm³/mol. The third-order valence-corrected chi connectivity index (χ3v) is 4.68. The van der Waals surface area contributed by atoms with E-state index < -0.39 is 0 Å². The minimum absolute atomic E-state index is 0.648. The zero-order valence-electron chi connectivity index (χ0n) is 14.2. The van der Waals surface area contributed by atoms with Crippen LogP contribution >= 0.6 is 0 Å². The van der Waals surface area contributed by atoms with Crippen LogP contribution in [0, 0.1) is 0 Å². The summed E-state index contributed by atoms with van der Waals surface area (Å²) < 4.78 is 0. The van der Waals surface area contributed by atoms with Crippen LogP contribution in [-0.2, 0) is 0 Å². The second kappa shape index (κ2) is 9.46. The van der Waals surface area contributed by atoms with Gasteiger partial charge >= 0.3 is 0 Å². The van der Waals surface area contributed by atoms with Gasteiger partial charge in [-0.3, -0.25) is 0 Å². The SMILES string of the molecule is CCCC[C@H](c1ccccc1)[C@@H](CCCC)c1ccccc1. The minimum Gasteiger partial charge on any atom is -0.0654 e. The van der Waals surface area contributed by atoms with Crippen LogP contribution in [0.2, 0.25) is 0 Å². The zero-order chi connectivity index (χ0) is 15.6. The molecule has 0 aliphatic carbocycles. The molecular weight excluding hydrogens is 264 g/mol. The molecule has 2 aromatic carbocycles. The summed E-state index contributed by atoms with van der Waals surface area (Å²) >= 11 is 0. The van der Waals surface area contributed by atoms with Crippen LogP contribution in [0.4, 0.5) is 0 Å². The topological polar surface area (TPSA) is 0 Å². The molecule has 0 radical (unpaired) electrons. The van der Waals surface area contributed by atoms with Crippen LogP contribution in [0.1, 0.15) is 75.3 Å². The van der Waals surface area contributed by atoms with E-state index in [-0.39, 0.29) is 0 Å². The fourth-order valence-corrected chi connectivity index (χ4v) is 3.45. The molecule has 0 aliphatic heterocycles. The maximum atomic E-state index is 2.32. The Labute approximate surface area is 136 Å². The molecule has 0 aliphatic rings. The van der Waals surface area contributed by atoms with Gasteiger partial charge in [0.25, 0.3) is 0 Å². The van der Waals surface area contributed by atoms with Gasteiger partial charge in [-0.2, -0.15) is 0 Å². The molecule has 0 saturated heterocycles. The second-order valence-electron chi connectivity index (χ2n) is 6.32. The van der Waals surface area contributed by atoms with Crippen molar-refractivity contribution < 1.29 is 0 Å². The molecular formula is C22H30. The van der Waals surface area contributed by atoms with Crippen molar-refractivity contribution in [3.8, 4) is 0 Å². The van der Waals surface area contributed by atoms with Gasteiger partial charge in [0.1, 0.15) is 0 Å². The summed E-state index contributed by atoms with van der Waals surface area (Å²) in [6.07, 6.45) is 7.77. The van der Waals surface area contributed by atoms with E-state index in [1.807, 2.05) is 0 Å². The van der Waals surface area contributed by atoms with Crippen LogP contribution < -0.4 is 0 Å². The molecule has 0 bridgehead atoms. The van der Waals surface area contributed by atoms with E-state index in [0.29, 0.717) is 11.8 Å². The molecule has 2 aromatic rings. The molecule has 2 atom stereocenters. The van der Waals surface area contributed by atoms with Gasteiger partial charge in [0, 0.05) is 0 Å². The van der Waals surface area contributed by atoms with Gasteiger partial charge in [0.2, 0.25) is 0 Å². The second-order valence-corrected chi connectivity index (χ2v) is 6.32. The molecule has 0 amide bonds. The first-order valence-corrected chi connectivity index (χ1v) is 8.96. The van der Waals surface area contributed by atoms with E-state index in [4.69, 9.17) is 0 Å². The largest absolute Gasteiger partial charge is 0.0654 e. The molecule has 2 rings (SSSR count). The average molecular weight is 294 g/mol. The smallest absolute Gasteiger partial charge is 0.00931 e. The molecule has 0 nitrogen and oxygen atoms in total. The van der Waals surface area contributed by atoms with Crippen molar-refractivity contribution >= 4 is 0 Å². The molecule has 118 valence electrons. The number of hydrogen-bond donors (Lipinski definition) is 0. The minimum atomic E-state index is 0.648. The highest BCUT2D eigenvalue weighted by Crippen LogP contribution is 2.40. The lowest BCUT2D eigenvalue weighted by molar-refractivity contribution is 0.450. The Bertz CT molecular complexity index is 451. The van der Waals surface area contributed by atoms with E-state index in [1.165, 1.54) is 49.7 Å². The Morgan fingerprint density at radius 1 is 0.591 bits per heavy atom. The van der Waals surface area contributed by atoms with Crippen molar-refractivity contribution in [3.05, 3.63) is 71.8 Å². The summed E-state index contributed by atoms with van der Waals surface area (Å²) in [4.78, 5) is 0. The summed E-state index contributed by atoms with van der Waals surface area (Å²) in [6.45, 7) is 4.59. The molecule has 22 heavy (non-hydrogen) atoms. The summed E-state index contributed by atoms with van der Waals surface area (Å²) in [5.41, 5.74) is 3.03. The van der Waals surface area contributed by atoms with Gasteiger partial charge in [-0.05, 0) is 35.8 Å². The third-order valence-electron chi connectivity index (χ3n) is 4.68. The first-order valence-electron chi connectivity index (χ1n) is 8.96. The van der Waals surface area contributed by atoms with Crippen LogP contribution in [0.15, 0.2) is 60.7 Å². The van der Waals surface area contributed by atoms with Crippen molar-refractivity contribution in [1.29, 1.82) is 0 Å². The molecule has 0 aromatic heterocycles. The van der Waals surface area contributed by atoms with Gasteiger partial charge in [0.05, 0.1) is 0 Å². The average Bonchev–Trinajstić information content (AvgIpc) is 2.59. The first kappa shape index (κ1) is 16.8. The highest BCUT2D eigenvalue weighted by atomic mass is 14.3. The Kier molecular flexibility index (Phi) is 7.22. The number of benzene rings is 2. The van der Waals surface area contributed by atoms with E-state index in [9.17, 15) is 0 Å². The summed E-state index contributed by atoms with van der Waals surface area (Å²) in [7, 11) is 0. The van der Waals surface area contributed by atoms with Crippen molar-refractivity contribution in [2.45, 2.75) is 64.2 Å². The van der Waals surface area contributed by atoms with Crippen LogP contribution in [0.5, 0.6) is 0 Å². The molecule has 0 saturated carbocycles. The van der Waals surface area contributed by atoms with Gasteiger partial charge in [-0.1, -0.05) is 100 Å². The summed E-state index contributed by atoms with van der Waals surface area (Å²) in [5.74, 6) is 1.30. The predicted octanol–water partition coefficient (Wildman–Crippen LogP) is 6.93. The Morgan fingerprint density at radius 2 is 0.955 bits per heavy atom. The van der Waals surface area contributed by atoms with Gasteiger partial charge in [-0.25, -0.2) is 0 Å². The number of unbranched alkanes of at least 4 members (excludes halogenated alkanes) is 2. The lowest BCUT2D eigenvalue weighted by atomic mass is 9.76. The van der Waals surface area contributed by atoms with E-state index >= 15 is 0 Å². The van der Waals surface area contributed by atoms with Crippen molar-refractivity contribution in [2.75, 3.05) is 0 Å². The molecule has 0 heterocycles. The van der Waals surface area contributed by atoms with Gasteiger partial charge in [-0.15, -0.1) is 0 Å². The van der Waals surface area contributed by atoms with Crippen LogP contribution in [0.25, 0.3) is 0 Å². The first-order chi connectivity index (χ1) is 10.9. The van der Waals surface area contributed by atoms with E-state index in [0.717, 1.165) is 0 Å². The number of hydrogen-bond acceptors (Lipinski definition) is 0. The summed E-state index contributed by atoms with van der Waals surface area (Å²) in [5, 5.41) is 0.